The predicted molar refractivity (Wildman–Crippen MR) is 66.3 cm³/mol. The van der Waals surface area contributed by atoms with Gasteiger partial charge in [0.15, 0.2) is 10.9 Å². The van der Waals surface area contributed by atoms with E-state index in [1.54, 1.807) is 4.90 Å². The van der Waals surface area contributed by atoms with Crippen molar-refractivity contribution in [2.45, 2.75) is 39.2 Å². The monoisotopic (exact) mass is 293 g/mol. The quantitative estimate of drug-likeness (QED) is 0.793. The number of alkyl halides is 3. The molecular formula is C10H14F3N5S. The van der Waals surface area contributed by atoms with Gasteiger partial charge < -0.3 is 14.8 Å². The van der Waals surface area contributed by atoms with Gasteiger partial charge >= 0.3 is 6.18 Å². The van der Waals surface area contributed by atoms with Gasteiger partial charge in [0, 0.05) is 19.1 Å². The lowest BCUT2D eigenvalue weighted by Crippen LogP contribution is -2.46. The molecule has 9 heteroatoms. The molecule has 0 unspecified atom stereocenters. The van der Waals surface area contributed by atoms with Crippen molar-refractivity contribution in [1.82, 2.24) is 25.0 Å². The van der Waals surface area contributed by atoms with E-state index in [2.05, 4.69) is 15.5 Å². The first-order valence-electron chi connectivity index (χ1n) is 5.83. The maximum absolute atomic E-state index is 12.7. The van der Waals surface area contributed by atoms with Crippen molar-refractivity contribution in [2.24, 2.45) is 0 Å². The van der Waals surface area contributed by atoms with Crippen molar-refractivity contribution in [3.63, 3.8) is 0 Å². The smallest absolute Gasteiger partial charge is 0.360 e. The summed E-state index contributed by atoms with van der Waals surface area (Å²) in [7, 11) is 0. The second-order valence-electron chi connectivity index (χ2n) is 4.61. The molecule has 0 aromatic carbocycles. The molecule has 19 heavy (non-hydrogen) atoms. The van der Waals surface area contributed by atoms with Gasteiger partial charge in [0.2, 0.25) is 5.82 Å². The van der Waals surface area contributed by atoms with Crippen molar-refractivity contribution in [3.8, 4) is 0 Å². The number of rotatable bonds is 1. The van der Waals surface area contributed by atoms with Crippen LogP contribution in [0, 0.1) is 0 Å². The third-order valence-corrected chi connectivity index (χ3v) is 3.08. The van der Waals surface area contributed by atoms with Crippen molar-refractivity contribution < 1.29 is 13.2 Å². The molecule has 0 spiro atoms. The Kier molecular flexibility index (Phi) is 3.66. The van der Waals surface area contributed by atoms with Gasteiger partial charge in [-0.05, 0) is 26.1 Å². The van der Waals surface area contributed by atoms with Crippen molar-refractivity contribution in [1.29, 1.82) is 0 Å². The van der Waals surface area contributed by atoms with Crippen LogP contribution in [0.15, 0.2) is 0 Å². The van der Waals surface area contributed by atoms with Crippen molar-refractivity contribution in [2.75, 3.05) is 6.54 Å². The highest BCUT2D eigenvalue weighted by Crippen LogP contribution is 2.29. The minimum atomic E-state index is -4.47. The number of nitrogens with zero attached hydrogens (tertiary/aromatic N) is 4. The minimum Gasteiger partial charge on any atom is -0.360 e. The lowest BCUT2D eigenvalue weighted by Gasteiger charge is -2.31. The average Bonchev–Trinajstić information content (AvgIpc) is 2.69. The van der Waals surface area contributed by atoms with E-state index in [9.17, 15) is 13.2 Å². The number of thiocarbonyl (C=S) groups is 1. The summed E-state index contributed by atoms with van der Waals surface area (Å²) < 4.78 is 39.1. The summed E-state index contributed by atoms with van der Waals surface area (Å²) in [6.45, 7) is 4.71. The van der Waals surface area contributed by atoms with Crippen LogP contribution in [0.4, 0.5) is 13.2 Å². The fourth-order valence-corrected chi connectivity index (χ4v) is 2.27. The lowest BCUT2D eigenvalue weighted by atomic mass is 10.3. The molecule has 0 saturated carbocycles. The first kappa shape index (κ1) is 14.0. The summed E-state index contributed by atoms with van der Waals surface area (Å²) in [5.41, 5.74) is 0. The van der Waals surface area contributed by atoms with Crippen LogP contribution in [0.1, 0.15) is 25.5 Å². The third-order valence-electron chi connectivity index (χ3n) is 2.71. The molecule has 0 fully saturated rings. The Hall–Kier alpha value is -1.38. The lowest BCUT2D eigenvalue weighted by molar-refractivity contribution is -0.147. The number of halogens is 3. The number of hydrogen-bond donors (Lipinski definition) is 1. The number of hydrogen-bond acceptors (Lipinski definition) is 3. The summed E-state index contributed by atoms with van der Waals surface area (Å²) in [4.78, 5) is 1.79. The molecule has 0 aliphatic carbocycles. The van der Waals surface area contributed by atoms with Gasteiger partial charge in [0.05, 0.1) is 6.54 Å². The van der Waals surface area contributed by atoms with Gasteiger partial charge in [-0.1, -0.05) is 0 Å². The van der Waals surface area contributed by atoms with Gasteiger partial charge in [-0.3, -0.25) is 0 Å². The zero-order chi connectivity index (χ0) is 14.2. The Labute approximate surface area is 113 Å². The van der Waals surface area contributed by atoms with Crippen LogP contribution < -0.4 is 5.32 Å². The standard InChI is InChI=1S/C10H14F3N5S/c1-6(2)14-9(19)17-3-4-18-7(5-17)15-16-8(18)10(11,12)13/h6H,3-5H2,1-2H3,(H,14,19). The maximum atomic E-state index is 12.7. The first-order valence-corrected chi connectivity index (χ1v) is 6.24. The molecule has 0 radical (unpaired) electrons. The summed E-state index contributed by atoms with van der Waals surface area (Å²) in [6.07, 6.45) is -4.47. The third kappa shape index (κ3) is 2.96. The van der Waals surface area contributed by atoms with Crippen LogP contribution in [0.5, 0.6) is 0 Å². The summed E-state index contributed by atoms with van der Waals surface area (Å²) in [5, 5.41) is 10.4. The van der Waals surface area contributed by atoms with E-state index >= 15 is 0 Å². The van der Waals surface area contributed by atoms with Crippen molar-refractivity contribution >= 4 is 17.3 Å². The van der Waals surface area contributed by atoms with Crippen LogP contribution in [-0.4, -0.2) is 37.4 Å². The summed E-state index contributed by atoms with van der Waals surface area (Å²) in [5.74, 6) is -0.656. The fraction of sp³-hybridized carbons (Fsp3) is 0.700. The topological polar surface area (TPSA) is 46.0 Å². The normalized spacial score (nSPS) is 15.6. The van der Waals surface area contributed by atoms with Crippen LogP contribution in [0.3, 0.4) is 0 Å². The molecule has 1 aliphatic heterocycles. The van der Waals surface area contributed by atoms with Gasteiger partial charge in [0.25, 0.3) is 0 Å². The van der Waals surface area contributed by atoms with E-state index in [0.29, 0.717) is 11.7 Å². The molecule has 0 saturated heterocycles. The number of aromatic nitrogens is 3. The summed E-state index contributed by atoms with van der Waals surface area (Å²) in [6, 6.07) is 0.179. The van der Waals surface area contributed by atoms with E-state index in [1.165, 1.54) is 0 Å². The molecule has 2 heterocycles. The maximum Gasteiger partial charge on any atom is 0.451 e. The zero-order valence-electron chi connectivity index (χ0n) is 10.5. The van der Waals surface area contributed by atoms with Gasteiger partial charge in [0.1, 0.15) is 0 Å². The molecule has 0 amide bonds. The predicted octanol–water partition coefficient (Wildman–Crippen LogP) is 1.40. The van der Waals surface area contributed by atoms with E-state index in [0.717, 1.165) is 4.57 Å². The Balaban J connectivity index is 2.14. The van der Waals surface area contributed by atoms with E-state index < -0.39 is 12.0 Å². The first-order chi connectivity index (χ1) is 8.79. The average molecular weight is 293 g/mol. The molecular weight excluding hydrogens is 279 g/mol. The molecule has 1 aromatic rings. The highest BCUT2D eigenvalue weighted by atomic mass is 32.1. The van der Waals surface area contributed by atoms with E-state index in [4.69, 9.17) is 12.2 Å². The van der Waals surface area contributed by atoms with Crippen LogP contribution >= 0.6 is 12.2 Å². The minimum absolute atomic E-state index is 0.178. The fourth-order valence-electron chi connectivity index (χ4n) is 1.88. The zero-order valence-corrected chi connectivity index (χ0v) is 11.3. The van der Waals surface area contributed by atoms with Gasteiger partial charge in [-0.25, -0.2) is 0 Å². The number of fused-ring (bicyclic) bond motifs is 1. The van der Waals surface area contributed by atoms with Crippen LogP contribution in [0.25, 0.3) is 0 Å². The Morgan fingerprint density at radius 1 is 1.32 bits per heavy atom. The molecule has 0 atom stereocenters. The molecule has 106 valence electrons. The molecule has 1 aliphatic rings. The second-order valence-corrected chi connectivity index (χ2v) is 5.00. The van der Waals surface area contributed by atoms with Gasteiger partial charge in [-0.15, -0.1) is 10.2 Å². The molecule has 1 aromatic heterocycles. The largest absolute Gasteiger partial charge is 0.451 e. The van der Waals surface area contributed by atoms with Crippen molar-refractivity contribution in [3.05, 3.63) is 11.6 Å². The number of nitrogens with one attached hydrogen (secondary N) is 1. The summed E-state index contributed by atoms with van der Waals surface area (Å²) >= 11 is 5.19. The molecule has 1 N–H and O–H groups in total. The van der Waals surface area contributed by atoms with Crippen LogP contribution in [-0.2, 0) is 19.3 Å². The highest BCUT2D eigenvalue weighted by molar-refractivity contribution is 7.80. The Bertz CT molecular complexity index is 482. The van der Waals surface area contributed by atoms with E-state index in [1.807, 2.05) is 13.8 Å². The van der Waals surface area contributed by atoms with E-state index in [-0.39, 0.29) is 25.0 Å². The Morgan fingerprint density at radius 2 is 2.00 bits per heavy atom. The Morgan fingerprint density at radius 3 is 2.58 bits per heavy atom. The molecule has 0 bridgehead atoms. The van der Waals surface area contributed by atoms with Gasteiger partial charge in [-0.2, -0.15) is 13.2 Å². The molecule has 2 rings (SSSR count). The SMILES string of the molecule is CC(C)NC(=S)N1CCn2c(nnc2C(F)(F)F)C1. The van der Waals surface area contributed by atoms with Crippen LogP contribution in [0.2, 0.25) is 0 Å². The highest BCUT2D eigenvalue weighted by Gasteiger charge is 2.39. The molecule has 5 nitrogen and oxygen atoms in total. The second kappa shape index (κ2) is 4.95.